The Balaban J connectivity index is 2.13. The summed E-state index contributed by atoms with van der Waals surface area (Å²) in [6.07, 6.45) is -1.99. The fourth-order valence-electron chi connectivity index (χ4n) is 2.09. The lowest BCUT2D eigenvalue weighted by atomic mass is 10.0. The maximum Gasteiger partial charge on any atom is 0.405 e. The molecular weight excluding hydrogens is 318 g/mol. The second-order valence-electron chi connectivity index (χ2n) is 4.79. The van der Waals surface area contributed by atoms with Crippen molar-refractivity contribution in [1.29, 1.82) is 0 Å². The highest BCUT2D eigenvalue weighted by atomic mass is 35.5. The zero-order valence-electron chi connectivity index (χ0n) is 12.2. The predicted molar refractivity (Wildman–Crippen MR) is 85.7 cm³/mol. The average molecular weight is 334 g/mol. The van der Waals surface area contributed by atoms with Crippen molar-refractivity contribution in [3.8, 4) is 0 Å². The summed E-state index contributed by atoms with van der Waals surface area (Å²) in [7, 11) is 0. The van der Waals surface area contributed by atoms with Gasteiger partial charge >= 0.3 is 11.4 Å². The van der Waals surface area contributed by atoms with Crippen LogP contribution >= 0.6 is 11.6 Å². The Labute approximate surface area is 139 Å². The Morgan fingerprint density at radius 2 is 1.39 bits per heavy atom. The molecule has 2 rings (SSSR count). The lowest BCUT2D eigenvalue weighted by Crippen LogP contribution is -2.29. The normalized spacial score (nSPS) is 11.8. The van der Waals surface area contributed by atoms with Gasteiger partial charge in [0.1, 0.15) is 0 Å². The molecule has 0 fully saturated rings. The minimum Gasteiger partial charge on any atom is -0.452 e. The predicted octanol–water partition coefficient (Wildman–Crippen LogP) is 3.37. The van der Waals surface area contributed by atoms with E-state index in [1.54, 1.807) is 0 Å². The minimum atomic E-state index is -1.14. The summed E-state index contributed by atoms with van der Waals surface area (Å²) in [5, 5.41) is 0. The van der Waals surface area contributed by atoms with E-state index >= 15 is 0 Å². The number of hydrogen-bond acceptors (Lipinski definition) is 5. The molecule has 0 spiro atoms. The molecule has 2 aromatic carbocycles. The number of halogens is 1. The summed E-state index contributed by atoms with van der Waals surface area (Å²) >= 11 is 5.06. The van der Waals surface area contributed by atoms with Gasteiger partial charge in [-0.15, -0.1) is 0 Å². The van der Waals surface area contributed by atoms with Crippen LogP contribution in [0, 0.1) is 0 Å². The molecule has 5 nitrogen and oxygen atoms in total. The Kier molecular flexibility index (Phi) is 6.14. The monoisotopic (exact) mass is 333 g/mol. The number of carbonyl (C=O) groups excluding carboxylic acids is 2. The van der Waals surface area contributed by atoms with Gasteiger partial charge in [0, 0.05) is 11.6 Å². The maximum atomic E-state index is 12.1. The number of benzene rings is 2. The van der Waals surface area contributed by atoms with Crippen molar-refractivity contribution >= 4 is 23.0 Å². The van der Waals surface area contributed by atoms with Crippen molar-refractivity contribution in [2.75, 3.05) is 0 Å². The van der Waals surface area contributed by atoms with Gasteiger partial charge in [-0.3, -0.25) is 10.5 Å². The first-order valence-corrected chi connectivity index (χ1v) is 7.35. The molecule has 0 aliphatic carbocycles. The molecule has 0 saturated carbocycles. The molecule has 2 aromatic rings. The van der Waals surface area contributed by atoms with Gasteiger partial charge in [0.05, 0.1) is 6.42 Å². The van der Waals surface area contributed by atoms with Gasteiger partial charge < -0.3 is 9.47 Å². The van der Waals surface area contributed by atoms with Crippen LogP contribution in [0.1, 0.15) is 23.7 Å². The van der Waals surface area contributed by atoms with Gasteiger partial charge in [-0.2, -0.15) is 0 Å². The van der Waals surface area contributed by atoms with E-state index < -0.39 is 23.7 Å². The van der Waals surface area contributed by atoms with Crippen molar-refractivity contribution in [2.45, 2.75) is 18.8 Å². The average Bonchev–Trinajstić information content (AvgIpc) is 2.53. The Hall–Kier alpha value is -2.37. The van der Waals surface area contributed by atoms with Crippen molar-refractivity contribution in [3.05, 3.63) is 71.8 Å². The van der Waals surface area contributed by atoms with E-state index in [-0.39, 0.29) is 6.42 Å². The van der Waals surface area contributed by atoms with Crippen LogP contribution in [0.2, 0.25) is 0 Å². The number of ether oxygens (including phenoxy) is 2. The summed E-state index contributed by atoms with van der Waals surface area (Å²) < 4.78 is 10.0. The van der Waals surface area contributed by atoms with Crippen LogP contribution < -0.4 is 5.73 Å². The molecule has 0 aliphatic rings. The first-order valence-electron chi connectivity index (χ1n) is 6.97. The van der Waals surface area contributed by atoms with Crippen molar-refractivity contribution < 1.29 is 19.1 Å². The molecule has 23 heavy (non-hydrogen) atoms. The van der Waals surface area contributed by atoms with Gasteiger partial charge in [0.2, 0.25) is 0 Å². The third kappa shape index (κ3) is 5.39. The zero-order chi connectivity index (χ0) is 16.7. The zero-order valence-corrected chi connectivity index (χ0v) is 13.0. The third-order valence-corrected chi connectivity index (χ3v) is 3.15. The highest BCUT2D eigenvalue weighted by molar-refractivity contribution is 6.61. The first-order chi connectivity index (χ1) is 11.1. The summed E-state index contributed by atoms with van der Waals surface area (Å²) in [5.74, 6) is -0.590. The summed E-state index contributed by atoms with van der Waals surface area (Å²) in [6.45, 7) is 0. The van der Waals surface area contributed by atoms with Crippen LogP contribution in [-0.4, -0.2) is 17.6 Å². The minimum absolute atomic E-state index is 0.283. The van der Waals surface area contributed by atoms with Gasteiger partial charge in [-0.25, -0.2) is 4.79 Å². The van der Waals surface area contributed by atoms with Crippen LogP contribution in [0.3, 0.4) is 0 Å². The van der Waals surface area contributed by atoms with Gasteiger partial charge in [-0.1, -0.05) is 60.7 Å². The van der Waals surface area contributed by atoms with E-state index in [1.165, 1.54) is 0 Å². The number of carbonyl (C=O) groups is 2. The molecule has 1 atom stereocenters. The second kappa shape index (κ2) is 8.31. The standard InChI is InChI=1S/C17H16ClNO4/c18-17(21)22-14(19)11-15(20)23-16(12-7-3-1-4-8-12)13-9-5-2-6-10-13/h1-10,14,16H,11,19H2. The fourth-order valence-corrected chi connectivity index (χ4v) is 2.20. The summed E-state index contributed by atoms with van der Waals surface area (Å²) in [5.41, 5.74) is 6.10. The molecule has 0 radical (unpaired) electrons. The van der Waals surface area contributed by atoms with Gasteiger partial charge in [-0.05, 0) is 11.1 Å². The number of hydrogen-bond donors (Lipinski definition) is 1. The quantitative estimate of drug-likeness (QED) is 0.498. The molecular formula is C17H16ClNO4. The molecule has 2 N–H and O–H groups in total. The molecule has 0 amide bonds. The Morgan fingerprint density at radius 3 is 1.83 bits per heavy atom. The van der Waals surface area contributed by atoms with Crippen LogP contribution in [-0.2, 0) is 14.3 Å². The third-order valence-electron chi connectivity index (χ3n) is 3.07. The van der Waals surface area contributed by atoms with Crippen LogP contribution in [0.4, 0.5) is 4.79 Å². The Morgan fingerprint density at radius 1 is 0.913 bits per heavy atom. The van der Waals surface area contributed by atoms with E-state index in [0.29, 0.717) is 0 Å². The SMILES string of the molecule is NC(CC(=O)OC(c1ccccc1)c1ccccc1)OC(=O)Cl. The van der Waals surface area contributed by atoms with Gasteiger partial charge in [0.15, 0.2) is 12.3 Å². The molecule has 0 aromatic heterocycles. The number of rotatable bonds is 6. The highest BCUT2D eigenvalue weighted by Crippen LogP contribution is 2.26. The van der Waals surface area contributed by atoms with E-state index in [0.717, 1.165) is 11.1 Å². The molecule has 0 aliphatic heterocycles. The van der Waals surface area contributed by atoms with E-state index in [2.05, 4.69) is 4.74 Å². The fraction of sp³-hybridized carbons (Fsp3) is 0.176. The summed E-state index contributed by atoms with van der Waals surface area (Å²) in [4.78, 5) is 22.7. The van der Waals surface area contributed by atoms with E-state index in [1.807, 2.05) is 60.7 Å². The van der Waals surface area contributed by atoms with Crippen LogP contribution in [0.15, 0.2) is 60.7 Å². The van der Waals surface area contributed by atoms with E-state index in [4.69, 9.17) is 22.1 Å². The largest absolute Gasteiger partial charge is 0.452 e. The second-order valence-corrected chi connectivity index (χ2v) is 5.10. The smallest absolute Gasteiger partial charge is 0.405 e. The molecule has 0 heterocycles. The maximum absolute atomic E-state index is 12.1. The molecule has 0 bridgehead atoms. The highest BCUT2D eigenvalue weighted by Gasteiger charge is 2.21. The van der Waals surface area contributed by atoms with E-state index in [9.17, 15) is 9.59 Å². The lowest BCUT2D eigenvalue weighted by molar-refractivity contribution is -0.149. The first kappa shape index (κ1) is 17.0. The lowest BCUT2D eigenvalue weighted by Gasteiger charge is -2.20. The van der Waals surface area contributed by atoms with Gasteiger partial charge in [0.25, 0.3) is 0 Å². The number of nitrogens with two attached hydrogens (primary N) is 1. The Bertz CT molecular complexity index is 609. The summed E-state index contributed by atoms with van der Waals surface area (Å²) in [6, 6.07) is 18.7. The molecule has 1 unspecified atom stereocenters. The van der Waals surface area contributed by atoms with Crippen molar-refractivity contribution in [1.82, 2.24) is 0 Å². The molecule has 0 saturated heterocycles. The van der Waals surface area contributed by atoms with Crippen LogP contribution in [0.25, 0.3) is 0 Å². The van der Waals surface area contributed by atoms with Crippen molar-refractivity contribution in [3.63, 3.8) is 0 Å². The van der Waals surface area contributed by atoms with Crippen LogP contribution in [0.5, 0.6) is 0 Å². The number of esters is 1. The topological polar surface area (TPSA) is 78.6 Å². The molecule has 6 heteroatoms. The molecule has 120 valence electrons. The van der Waals surface area contributed by atoms with Crippen molar-refractivity contribution in [2.24, 2.45) is 5.73 Å².